The van der Waals surface area contributed by atoms with E-state index < -0.39 is 11.7 Å². The first-order valence-electron chi connectivity index (χ1n) is 10.1. The fourth-order valence-electron chi connectivity index (χ4n) is 3.58. The van der Waals surface area contributed by atoms with E-state index in [2.05, 4.69) is 5.32 Å². The third-order valence-electron chi connectivity index (χ3n) is 4.89. The van der Waals surface area contributed by atoms with E-state index in [0.29, 0.717) is 19.3 Å². The third kappa shape index (κ3) is 6.34. The molecular weight excluding hydrogens is 366 g/mol. The predicted molar refractivity (Wildman–Crippen MR) is 111 cm³/mol. The van der Waals surface area contributed by atoms with Crippen molar-refractivity contribution >= 4 is 12.1 Å². The van der Waals surface area contributed by atoms with Crippen molar-refractivity contribution in [3.63, 3.8) is 0 Å². The Balaban J connectivity index is 1.71. The molecule has 154 valence electrons. The van der Waals surface area contributed by atoms with Crippen LogP contribution in [0.4, 0.5) is 4.79 Å². The lowest BCUT2D eigenvalue weighted by molar-refractivity contribution is -0.145. The minimum Gasteiger partial charge on any atom is -0.460 e. The molecule has 3 atom stereocenters. The number of hydrogen-bond acceptors (Lipinski definition) is 4. The van der Waals surface area contributed by atoms with Gasteiger partial charge in [-0.3, -0.25) is 4.79 Å². The third-order valence-corrected chi connectivity index (χ3v) is 4.89. The van der Waals surface area contributed by atoms with E-state index in [1.807, 2.05) is 81.4 Å². The quantitative estimate of drug-likeness (QED) is 0.741. The summed E-state index contributed by atoms with van der Waals surface area (Å²) < 4.78 is 11.1. The van der Waals surface area contributed by atoms with Gasteiger partial charge >= 0.3 is 12.1 Å². The van der Waals surface area contributed by atoms with Crippen LogP contribution in [0.5, 0.6) is 0 Å². The SMILES string of the molecule is CC(C)(C)OC(=O)N[C@@H](Cc1ccccc1)[C@@H]1C[C@@H](Cc2ccccc2)C(=O)O1. The summed E-state index contributed by atoms with van der Waals surface area (Å²) in [5.41, 5.74) is 1.58. The molecule has 1 saturated heterocycles. The molecule has 0 spiro atoms. The Morgan fingerprint density at radius 1 is 1.07 bits per heavy atom. The number of carbonyl (C=O) groups is 2. The standard InChI is InChI=1S/C24H29NO4/c1-24(2,3)29-23(27)25-20(15-18-12-8-5-9-13-18)21-16-19(22(26)28-21)14-17-10-6-4-7-11-17/h4-13,19-21H,14-16H2,1-3H3,(H,25,27)/t19-,20+,21+/m1/s1. The van der Waals surface area contributed by atoms with E-state index in [4.69, 9.17) is 9.47 Å². The number of carbonyl (C=O) groups excluding carboxylic acids is 2. The molecule has 3 rings (SSSR count). The molecule has 1 aliphatic rings. The fourth-order valence-corrected chi connectivity index (χ4v) is 3.58. The summed E-state index contributed by atoms with van der Waals surface area (Å²) in [6.07, 6.45) is 0.891. The Morgan fingerprint density at radius 3 is 2.24 bits per heavy atom. The molecule has 1 N–H and O–H groups in total. The van der Waals surface area contributed by atoms with Crippen LogP contribution in [-0.4, -0.2) is 29.8 Å². The van der Waals surface area contributed by atoms with Gasteiger partial charge in [-0.1, -0.05) is 60.7 Å². The topological polar surface area (TPSA) is 64.6 Å². The molecule has 0 unspecified atom stereocenters. The van der Waals surface area contributed by atoms with Crippen molar-refractivity contribution in [2.75, 3.05) is 0 Å². The van der Waals surface area contributed by atoms with E-state index >= 15 is 0 Å². The average molecular weight is 395 g/mol. The lowest BCUT2D eigenvalue weighted by Gasteiger charge is -2.26. The highest BCUT2D eigenvalue weighted by molar-refractivity contribution is 5.75. The largest absolute Gasteiger partial charge is 0.460 e. The summed E-state index contributed by atoms with van der Waals surface area (Å²) in [5, 5.41) is 2.93. The molecule has 0 aromatic heterocycles. The zero-order chi connectivity index (χ0) is 20.9. The highest BCUT2D eigenvalue weighted by atomic mass is 16.6. The van der Waals surface area contributed by atoms with Gasteiger partial charge in [0.1, 0.15) is 11.7 Å². The normalized spacial score (nSPS) is 20.0. The highest BCUT2D eigenvalue weighted by Crippen LogP contribution is 2.28. The molecule has 1 fully saturated rings. The van der Waals surface area contributed by atoms with Gasteiger partial charge in [0.25, 0.3) is 0 Å². The second-order valence-corrected chi connectivity index (χ2v) is 8.54. The summed E-state index contributed by atoms with van der Waals surface area (Å²) in [4.78, 5) is 24.9. The van der Waals surface area contributed by atoms with Crippen molar-refractivity contribution < 1.29 is 19.1 Å². The number of benzene rings is 2. The maximum Gasteiger partial charge on any atom is 0.408 e. The number of rotatable bonds is 6. The summed E-state index contributed by atoms with van der Waals surface area (Å²) in [5.74, 6) is -0.413. The molecule has 5 nitrogen and oxygen atoms in total. The monoisotopic (exact) mass is 395 g/mol. The Hall–Kier alpha value is -2.82. The van der Waals surface area contributed by atoms with Gasteiger partial charge < -0.3 is 14.8 Å². The number of amides is 1. The number of nitrogens with one attached hydrogen (secondary N) is 1. The summed E-state index contributed by atoms with van der Waals surface area (Å²) >= 11 is 0. The van der Waals surface area contributed by atoms with Crippen LogP contribution in [0.1, 0.15) is 38.3 Å². The first-order chi connectivity index (χ1) is 13.8. The lowest BCUT2D eigenvalue weighted by atomic mass is 9.92. The minimum absolute atomic E-state index is 0.206. The fraction of sp³-hybridized carbons (Fsp3) is 0.417. The van der Waals surface area contributed by atoms with Gasteiger partial charge in [0.2, 0.25) is 0 Å². The van der Waals surface area contributed by atoms with Crippen LogP contribution in [0.15, 0.2) is 60.7 Å². The van der Waals surface area contributed by atoms with E-state index in [0.717, 1.165) is 11.1 Å². The van der Waals surface area contributed by atoms with E-state index in [1.165, 1.54) is 0 Å². The van der Waals surface area contributed by atoms with Crippen LogP contribution in [-0.2, 0) is 27.1 Å². The number of esters is 1. The summed E-state index contributed by atoms with van der Waals surface area (Å²) in [7, 11) is 0. The lowest BCUT2D eigenvalue weighted by Crippen LogP contribution is -2.46. The van der Waals surface area contributed by atoms with E-state index in [1.54, 1.807) is 0 Å². The Morgan fingerprint density at radius 2 is 1.66 bits per heavy atom. The van der Waals surface area contributed by atoms with Gasteiger partial charge in [-0.2, -0.15) is 0 Å². The van der Waals surface area contributed by atoms with Gasteiger partial charge in [-0.15, -0.1) is 0 Å². The highest BCUT2D eigenvalue weighted by Gasteiger charge is 2.39. The van der Waals surface area contributed by atoms with Gasteiger partial charge in [0.05, 0.1) is 12.0 Å². The van der Waals surface area contributed by atoms with Crippen molar-refractivity contribution in [3.05, 3.63) is 71.8 Å². The molecule has 29 heavy (non-hydrogen) atoms. The van der Waals surface area contributed by atoms with Crippen molar-refractivity contribution in [2.24, 2.45) is 5.92 Å². The van der Waals surface area contributed by atoms with Gasteiger partial charge in [0.15, 0.2) is 0 Å². The molecule has 0 bridgehead atoms. The second kappa shape index (κ2) is 9.12. The van der Waals surface area contributed by atoms with Crippen LogP contribution in [0.3, 0.4) is 0 Å². The Kier molecular flexibility index (Phi) is 6.57. The maximum atomic E-state index is 12.5. The summed E-state index contributed by atoms with van der Waals surface area (Å²) in [6, 6.07) is 19.4. The molecule has 2 aromatic carbocycles. The predicted octanol–water partition coefficient (Wildman–Crippen LogP) is 4.30. The van der Waals surface area contributed by atoms with Crippen molar-refractivity contribution in [1.82, 2.24) is 5.32 Å². The van der Waals surface area contributed by atoms with Crippen molar-refractivity contribution in [1.29, 1.82) is 0 Å². The molecular formula is C24H29NO4. The van der Waals surface area contributed by atoms with Crippen LogP contribution < -0.4 is 5.32 Å². The van der Waals surface area contributed by atoms with Crippen LogP contribution in [0.2, 0.25) is 0 Å². The first-order valence-corrected chi connectivity index (χ1v) is 10.1. The van der Waals surface area contributed by atoms with E-state index in [9.17, 15) is 9.59 Å². The molecule has 2 aromatic rings. The zero-order valence-electron chi connectivity index (χ0n) is 17.3. The minimum atomic E-state index is -0.594. The first kappa shape index (κ1) is 20.9. The van der Waals surface area contributed by atoms with Gasteiger partial charge in [-0.25, -0.2) is 4.79 Å². The van der Waals surface area contributed by atoms with Gasteiger partial charge in [-0.05, 0) is 44.7 Å². The van der Waals surface area contributed by atoms with E-state index in [-0.39, 0.29) is 24.0 Å². The van der Waals surface area contributed by atoms with Crippen molar-refractivity contribution in [2.45, 2.75) is 57.8 Å². The number of hydrogen-bond donors (Lipinski definition) is 1. The smallest absolute Gasteiger partial charge is 0.408 e. The number of cyclic esters (lactones) is 1. The zero-order valence-corrected chi connectivity index (χ0v) is 17.3. The number of alkyl carbamates (subject to hydrolysis) is 1. The van der Waals surface area contributed by atoms with Crippen LogP contribution >= 0.6 is 0 Å². The second-order valence-electron chi connectivity index (χ2n) is 8.54. The Bertz CT molecular complexity index is 814. The van der Waals surface area contributed by atoms with Crippen LogP contribution in [0, 0.1) is 5.92 Å². The molecule has 1 amide bonds. The molecule has 1 aliphatic heterocycles. The molecule has 1 heterocycles. The van der Waals surface area contributed by atoms with Crippen molar-refractivity contribution in [3.8, 4) is 0 Å². The molecule has 5 heteroatoms. The van der Waals surface area contributed by atoms with Gasteiger partial charge in [0, 0.05) is 6.42 Å². The molecule has 0 saturated carbocycles. The summed E-state index contributed by atoms with van der Waals surface area (Å²) in [6.45, 7) is 5.47. The Labute approximate surface area is 172 Å². The maximum absolute atomic E-state index is 12.5. The molecule has 0 radical (unpaired) electrons. The average Bonchev–Trinajstić information content (AvgIpc) is 3.02. The van der Waals surface area contributed by atoms with Crippen LogP contribution in [0.25, 0.3) is 0 Å². The molecule has 0 aliphatic carbocycles. The number of ether oxygens (including phenoxy) is 2.